The predicted molar refractivity (Wildman–Crippen MR) is 91.8 cm³/mol. The number of nitrogens with zero attached hydrogens (tertiary/aromatic N) is 2. The lowest BCUT2D eigenvalue weighted by Crippen LogP contribution is -2.23. The van der Waals surface area contributed by atoms with Crippen LogP contribution in [0.1, 0.15) is 11.3 Å². The molecule has 0 spiro atoms. The van der Waals surface area contributed by atoms with Crippen LogP contribution >= 0.6 is 0 Å². The lowest BCUT2D eigenvalue weighted by molar-refractivity contribution is 0.0795. The van der Waals surface area contributed by atoms with Gasteiger partial charge in [-0.05, 0) is 12.1 Å². The van der Waals surface area contributed by atoms with Crippen LogP contribution in [0.15, 0.2) is 47.5 Å². The number of ether oxygens (including phenoxy) is 2. The molecule has 2 rings (SSSR count). The summed E-state index contributed by atoms with van der Waals surface area (Å²) in [6.45, 7) is -0.0572. The van der Waals surface area contributed by atoms with E-state index in [1.807, 2.05) is 24.3 Å². The number of nitrogens with two attached hydrogens (primary N) is 1. The minimum atomic E-state index is -2.55. The molecule has 0 radical (unpaired) electrons. The minimum absolute atomic E-state index is 0.130. The number of benzene rings is 1. The van der Waals surface area contributed by atoms with E-state index in [1.54, 1.807) is 19.2 Å². The highest BCUT2D eigenvalue weighted by atomic mass is 19.3. The number of anilines is 1. The summed E-state index contributed by atoms with van der Waals surface area (Å²) in [6.07, 6.45) is -2.55. The molecule has 2 aromatic rings. The van der Waals surface area contributed by atoms with Crippen LogP contribution in [0.4, 0.5) is 14.5 Å². The molecule has 3 N–H and O–H groups in total. The number of rotatable bonds is 8. The molecule has 0 aliphatic heterocycles. The molecule has 0 atom stereocenters. The number of hydrogen-bond donors (Lipinski definition) is 2. The van der Waals surface area contributed by atoms with E-state index in [0.717, 1.165) is 11.3 Å². The highest BCUT2D eigenvalue weighted by Gasteiger charge is 2.06. The molecule has 1 aromatic heterocycles. The first-order valence-electron chi connectivity index (χ1n) is 7.59. The average Bonchev–Trinajstić information content (AvgIpc) is 2.60. The molecule has 6 nitrogen and oxygen atoms in total. The van der Waals surface area contributed by atoms with Crippen molar-refractivity contribution < 1.29 is 18.3 Å². The first-order valence-corrected chi connectivity index (χ1v) is 7.59. The van der Waals surface area contributed by atoms with E-state index in [4.69, 9.17) is 15.2 Å². The third-order valence-corrected chi connectivity index (χ3v) is 3.13. The molecule has 1 aromatic carbocycles. The SMILES string of the molecule is COCc1ccccc1NC(N)=NCc1cccc(OCC(F)F)n1. The van der Waals surface area contributed by atoms with Gasteiger partial charge >= 0.3 is 0 Å². The summed E-state index contributed by atoms with van der Waals surface area (Å²) in [5.74, 6) is 0.342. The molecule has 1 heterocycles. The van der Waals surface area contributed by atoms with Crippen LogP contribution in [0.3, 0.4) is 0 Å². The molecule has 0 saturated heterocycles. The third-order valence-electron chi connectivity index (χ3n) is 3.13. The van der Waals surface area contributed by atoms with E-state index < -0.39 is 13.0 Å². The number of halogens is 2. The van der Waals surface area contributed by atoms with Crippen molar-refractivity contribution in [2.45, 2.75) is 19.6 Å². The second-order valence-electron chi connectivity index (χ2n) is 5.09. The van der Waals surface area contributed by atoms with E-state index in [-0.39, 0.29) is 18.4 Å². The number of alkyl halides is 2. The lowest BCUT2D eigenvalue weighted by Gasteiger charge is -2.11. The maximum Gasteiger partial charge on any atom is 0.272 e. The summed E-state index contributed by atoms with van der Waals surface area (Å²) in [7, 11) is 1.61. The Hall–Kier alpha value is -2.74. The Morgan fingerprint density at radius 2 is 2.04 bits per heavy atom. The minimum Gasteiger partial charge on any atom is -0.472 e. The van der Waals surface area contributed by atoms with Crippen molar-refractivity contribution >= 4 is 11.6 Å². The van der Waals surface area contributed by atoms with Gasteiger partial charge in [0.25, 0.3) is 6.43 Å². The summed E-state index contributed by atoms with van der Waals surface area (Å²) in [4.78, 5) is 8.31. The van der Waals surface area contributed by atoms with E-state index in [0.29, 0.717) is 12.3 Å². The number of para-hydroxylation sites is 1. The van der Waals surface area contributed by atoms with Gasteiger partial charge in [-0.1, -0.05) is 24.3 Å². The van der Waals surface area contributed by atoms with Gasteiger partial charge in [-0.15, -0.1) is 0 Å². The zero-order chi connectivity index (χ0) is 18.1. The first-order chi connectivity index (χ1) is 12.1. The van der Waals surface area contributed by atoms with Crippen LogP contribution in [0, 0.1) is 0 Å². The highest BCUT2D eigenvalue weighted by Crippen LogP contribution is 2.15. The van der Waals surface area contributed by atoms with Crippen LogP contribution in [-0.4, -0.2) is 31.1 Å². The molecular weight excluding hydrogens is 330 g/mol. The number of pyridine rings is 1. The predicted octanol–water partition coefficient (Wildman–Crippen LogP) is 2.80. The molecule has 0 unspecified atom stereocenters. The van der Waals surface area contributed by atoms with Crippen molar-refractivity contribution in [3.05, 3.63) is 53.7 Å². The van der Waals surface area contributed by atoms with Crippen LogP contribution in [0.5, 0.6) is 5.88 Å². The summed E-state index contributed by atoms with van der Waals surface area (Å²) in [6, 6.07) is 12.5. The van der Waals surface area contributed by atoms with E-state index in [9.17, 15) is 8.78 Å². The van der Waals surface area contributed by atoms with Gasteiger partial charge < -0.3 is 20.5 Å². The second kappa shape index (κ2) is 9.53. The Kier molecular flexibility index (Phi) is 7.09. The van der Waals surface area contributed by atoms with Gasteiger partial charge in [-0.3, -0.25) is 0 Å². The van der Waals surface area contributed by atoms with Crippen molar-refractivity contribution in [1.82, 2.24) is 4.98 Å². The van der Waals surface area contributed by atoms with E-state index in [2.05, 4.69) is 15.3 Å². The topological polar surface area (TPSA) is 81.8 Å². The Balaban J connectivity index is 1.98. The van der Waals surface area contributed by atoms with Gasteiger partial charge in [0.05, 0.1) is 18.8 Å². The zero-order valence-corrected chi connectivity index (χ0v) is 13.8. The standard InChI is InChI=1S/C17H20F2N4O2/c1-24-10-12-5-2-3-7-14(12)23-17(20)21-9-13-6-4-8-16(22-13)25-11-15(18)19/h2-8,15H,9-11H2,1H3,(H3,20,21,23). The smallest absolute Gasteiger partial charge is 0.272 e. The Bertz CT molecular complexity index is 711. The van der Waals surface area contributed by atoms with Gasteiger partial charge in [0.15, 0.2) is 12.6 Å². The lowest BCUT2D eigenvalue weighted by atomic mass is 10.2. The number of aliphatic imine (C=N–C) groups is 1. The molecule has 0 fully saturated rings. The molecule has 25 heavy (non-hydrogen) atoms. The molecule has 0 amide bonds. The first kappa shape index (κ1) is 18.6. The van der Waals surface area contributed by atoms with E-state index >= 15 is 0 Å². The molecular formula is C17H20F2N4O2. The number of nitrogens with one attached hydrogen (secondary N) is 1. The molecule has 0 saturated carbocycles. The average molecular weight is 350 g/mol. The zero-order valence-electron chi connectivity index (χ0n) is 13.8. The fourth-order valence-corrected chi connectivity index (χ4v) is 2.04. The Morgan fingerprint density at radius 3 is 2.80 bits per heavy atom. The highest BCUT2D eigenvalue weighted by molar-refractivity contribution is 5.92. The number of methoxy groups -OCH3 is 1. The molecule has 0 aliphatic carbocycles. The van der Waals surface area contributed by atoms with E-state index in [1.165, 1.54) is 6.07 Å². The summed E-state index contributed by atoms with van der Waals surface area (Å²) in [5.41, 5.74) is 8.20. The third kappa shape index (κ3) is 6.34. The van der Waals surface area contributed by atoms with Gasteiger partial charge in [0.1, 0.15) is 0 Å². The monoisotopic (exact) mass is 350 g/mol. The molecule has 134 valence electrons. The van der Waals surface area contributed by atoms with Gasteiger partial charge in [0, 0.05) is 24.4 Å². The fraction of sp³-hybridized carbons (Fsp3) is 0.294. The number of aromatic nitrogens is 1. The van der Waals surface area contributed by atoms with Gasteiger partial charge in [0.2, 0.25) is 5.88 Å². The number of guanidine groups is 1. The van der Waals surface area contributed by atoms with Crippen LogP contribution in [-0.2, 0) is 17.9 Å². The van der Waals surface area contributed by atoms with Crippen LogP contribution < -0.4 is 15.8 Å². The van der Waals surface area contributed by atoms with Crippen molar-refractivity contribution in [2.24, 2.45) is 10.7 Å². The second-order valence-corrected chi connectivity index (χ2v) is 5.09. The normalized spacial score (nSPS) is 11.6. The maximum atomic E-state index is 12.2. The summed E-state index contributed by atoms with van der Waals surface area (Å²) >= 11 is 0. The van der Waals surface area contributed by atoms with Crippen LogP contribution in [0.25, 0.3) is 0 Å². The maximum absolute atomic E-state index is 12.2. The van der Waals surface area contributed by atoms with Gasteiger partial charge in [-0.25, -0.2) is 18.8 Å². The van der Waals surface area contributed by atoms with Gasteiger partial charge in [-0.2, -0.15) is 0 Å². The molecule has 0 aliphatic rings. The van der Waals surface area contributed by atoms with Crippen molar-refractivity contribution in [2.75, 3.05) is 19.0 Å². The largest absolute Gasteiger partial charge is 0.472 e. The Morgan fingerprint density at radius 1 is 1.24 bits per heavy atom. The quantitative estimate of drug-likeness (QED) is 0.565. The van der Waals surface area contributed by atoms with Crippen molar-refractivity contribution in [1.29, 1.82) is 0 Å². The summed E-state index contributed by atoms with van der Waals surface area (Å²) < 4.78 is 34.3. The van der Waals surface area contributed by atoms with Crippen LogP contribution in [0.2, 0.25) is 0 Å². The summed E-state index contributed by atoms with van der Waals surface area (Å²) in [5, 5.41) is 3.01. The van der Waals surface area contributed by atoms with Crippen molar-refractivity contribution in [3.8, 4) is 5.88 Å². The number of hydrogen-bond acceptors (Lipinski definition) is 4. The fourth-order valence-electron chi connectivity index (χ4n) is 2.04. The molecule has 0 bridgehead atoms. The van der Waals surface area contributed by atoms with Crippen molar-refractivity contribution in [3.63, 3.8) is 0 Å². The molecule has 8 heteroatoms. The Labute approximate surface area is 144 Å².